The highest BCUT2D eigenvalue weighted by molar-refractivity contribution is 5.72. The van der Waals surface area contributed by atoms with Crippen LogP contribution in [0.5, 0.6) is 0 Å². The molecule has 0 spiro atoms. The van der Waals surface area contributed by atoms with Gasteiger partial charge in [0.15, 0.2) is 0 Å². The number of rotatable bonds is 4. The van der Waals surface area contributed by atoms with Gasteiger partial charge in [0.1, 0.15) is 0 Å². The lowest BCUT2D eigenvalue weighted by molar-refractivity contribution is -0.118. The minimum absolute atomic E-state index is 0. The molecule has 0 aromatic carbocycles. The molecule has 76 valence electrons. The Morgan fingerprint density at radius 1 is 1.42 bits per heavy atom. The fourth-order valence-electron chi connectivity index (χ4n) is 0.660. The summed E-state index contributed by atoms with van der Waals surface area (Å²) < 4.78 is 0. The Hall–Kier alpha value is -0.570. The van der Waals surface area contributed by atoms with Crippen molar-refractivity contribution in [2.45, 2.75) is 27.2 Å². The first kappa shape index (κ1) is 14.0. The zero-order valence-electron chi connectivity index (χ0n) is 8.98. The molecular weight excluding hydrogens is 152 g/mol. The minimum atomic E-state index is 0. The highest BCUT2D eigenvalue weighted by atomic mass is 16.1. The summed E-state index contributed by atoms with van der Waals surface area (Å²) in [7, 11) is 4.04. The number of nitrogens with one attached hydrogen (secondary N) is 1. The highest BCUT2D eigenvalue weighted by Gasteiger charge is 1.91. The minimum Gasteiger partial charge on any atom is -0.356 e. The zero-order valence-corrected chi connectivity index (χ0v) is 8.98. The van der Waals surface area contributed by atoms with Gasteiger partial charge in [0.05, 0.1) is 0 Å². The smallest absolute Gasteiger partial charge is 0.216 e. The van der Waals surface area contributed by atoms with Crippen molar-refractivity contribution in [1.82, 2.24) is 10.2 Å². The summed E-state index contributed by atoms with van der Waals surface area (Å²) >= 11 is 0. The fourth-order valence-corrected chi connectivity index (χ4v) is 0.660. The van der Waals surface area contributed by atoms with Gasteiger partial charge in [-0.15, -0.1) is 0 Å². The molecule has 3 heteroatoms. The molecule has 12 heavy (non-hydrogen) atoms. The lowest BCUT2D eigenvalue weighted by atomic mass is 10.4. The van der Waals surface area contributed by atoms with Crippen molar-refractivity contribution in [2.75, 3.05) is 27.2 Å². The van der Waals surface area contributed by atoms with Crippen molar-refractivity contribution < 1.29 is 6.22 Å². The third-order valence-electron chi connectivity index (χ3n) is 1.16. The quantitative estimate of drug-likeness (QED) is 0.656. The predicted molar refractivity (Wildman–Crippen MR) is 55.3 cm³/mol. The summed E-state index contributed by atoms with van der Waals surface area (Å²) in [6.45, 7) is 7.35. The second kappa shape index (κ2) is 10.4. The molecule has 0 radical (unpaired) electrons. The molecule has 0 atom stereocenters. The summed E-state index contributed by atoms with van der Waals surface area (Å²) in [6, 6.07) is 0. The number of amides is 1. The van der Waals surface area contributed by atoms with Gasteiger partial charge in [-0.05, 0) is 27.1 Å². The van der Waals surface area contributed by atoms with E-state index in [0.717, 1.165) is 19.5 Å². The summed E-state index contributed by atoms with van der Waals surface area (Å²) in [5.74, 6) is 0.0544. The van der Waals surface area contributed by atoms with Crippen LogP contribution < -0.4 is 5.32 Å². The molecular formula is C9H24N2O. The van der Waals surface area contributed by atoms with Crippen LogP contribution in [0.1, 0.15) is 28.6 Å². The maximum absolute atomic E-state index is 10.4. The highest BCUT2D eigenvalue weighted by Crippen LogP contribution is 1.79. The topological polar surface area (TPSA) is 32.3 Å². The van der Waals surface area contributed by atoms with E-state index >= 15 is 0 Å². The average Bonchev–Trinajstić information content (AvgIpc) is 2.02. The van der Waals surface area contributed by atoms with E-state index in [9.17, 15) is 4.79 Å². The first-order valence-corrected chi connectivity index (χ1v) is 4.52. The van der Waals surface area contributed by atoms with Crippen molar-refractivity contribution in [1.29, 1.82) is 0 Å². The van der Waals surface area contributed by atoms with Crippen LogP contribution in [0.3, 0.4) is 0 Å². The third kappa shape index (κ3) is 16.2. The van der Waals surface area contributed by atoms with E-state index in [1.807, 2.05) is 27.9 Å². The van der Waals surface area contributed by atoms with Gasteiger partial charge in [-0.2, -0.15) is 0 Å². The van der Waals surface area contributed by atoms with Gasteiger partial charge in [0.2, 0.25) is 5.91 Å². The Labute approximate surface area is 77.6 Å². The molecule has 1 N–H and O–H groups in total. The number of carbonyl (C=O) groups excluding carboxylic acids is 1. The van der Waals surface area contributed by atoms with Crippen LogP contribution >= 0.6 is 0 Å². The van der Waals surface area contributed by atoms with Crippen LogP contribution in [0.25, 0.3) is 0 Å². The normalized spacial score (nSPS) is 8.83. The Morgan fingerprint density at radius 2 is 1.92 bits per heavy atom. The van der Waals surface area contributed by atoms with Crippen molar-refractivity contribution in [2.24, 2.45) is 0 Å². The Morgan fingerprint density at radius 3 is 2.25 bits per heavy atom. The van der Waals surface area contributed by atoms with Crippen molar-refractivity contribution >= 4 is 5.91 Å². The molecule has 0 saturated heterocycles. The SMILES string of the molecule is CC.CC(=O)NCCCN(C)C.[HH]. The van der Waals surface area contributed by atoms with E-state index in [4.69, 9.17) is 0 Å². The fraction of sp³-hybridized carbons (Fsp3) is 0.889. The second-order valence-corrected chi connectivity index (χ2v) is 2.64. The maximum Gasteiger partial charge on any atom is 0.216 e. The van der Waals surface area contributed by atoms with E-state index in [1.54, 1.807) is 0 Å². The largest absolute Gasteiger partial charge is 0.356 e. The lowest BCUT2D eigenvalue weighted by Crippen LogP contribution is -2.24. The van der Waals surface area contributed by atoms with Gasteiger partial charge in [-0.25, -0.2) is 0 Å². The molecule has 1 amide bonds. The van der Waals surface area contributed by atoms with Gasteiger partial charge in [-0.1, -0.05) is 13.8 Å². The predicted octanol–water partition coefficient (Wildman–Crippen LogP) is 1.35. The van der Waals surface area contributed by atoms with Crippen LogP contribution in [-0.2, 0) is 4.79 Å². The number of hydrogen-bond donors (Lipinski definition) is 1. The van der Waals surface area contributed by atoms with Crippen LogP contribution in [0.15, 0.2) is 0 Å². The van der Waals surface area contributed by atoms with E-state index in [2.05, 4.69) is 10.2 Å². The molecule has 0 rings (SSSR count). The monoisotopic (exact) mass is 176 g/mol. The molecule has 0 aliphatic rings. The van der Waals surface area contributed by atoms with Crippen molar-refractivity contribution in [3.05, 3.63) is 0 Å². The second-order valence-electron chi connectivity index (χ2n) is 2.64. The molecule has 0 saturated carbocycles. The summed E-state index contributed by atoms with van der Waals surface area (Å²) in [6.07, 6.45) is 1.02. The number of nitrogens with zero attached hydrogens (tertiary/aromatic N) is 1. The van der Waals surface area contributed by atoms with Gasteiger partial charge < -0.3 is 10.2 Å². The van der Waals surface area contributed by atoms with Crippen LogP contribution in [-0.4, -0.2) is 38.0 Å². The van der Waals surface area contributed by atoms with Crippen LogP contribution in [0, 0.1) is 0 Å². The first-order valence-electron chi connectivity index (χ1n) is 4.52. The molecule has 0 aliphatic heterocycles. The van der Waals surface area contributed by atoms with Crippen molar-refractivity contribution in [3.63, 3.8) is 0 Å². The Kier molecular flexibility index (Phi) is 12.2. The molecule has 0 bridgehead atoms. The number of carbonyl (C=O) groups is 1. The van der Waals surface area contributed by atoms with E-state index in [-0.39, 0.29) is 7.33 Å². The molecule has 0 heterocycles. The number of hydrogen-bond acceptors (Lipinski definition) is 2. The summed E-state index contributed by atoms with van der Waals surface area (Å²) in [4.78, 5) is 12.5. The van der Waals surface area contributed by atoms with E-state index < -0.39 is 0 Å². The van der Waals surface area contributed by atoms with Gasteiger partial charge in [0.25, 0.3) is 0 Å². The summed E-state index contributed by atoms with van der Waals surface area (Å²) in [5.41, 5.74) is 0. The maximum atomic E-state index is 10.4. The van der Waals surface area contributed by atoms with Gasteiger partial charge >= 0.3 is 0 Å². The first-order chi connectivity index (χ1) is 5.63. The van der Waals surface area contributed by atoms with Crippen LogP contribution in [0.4, 0.5) is 0 Å². The van der Waals surface area contributed by atoms with Gasteiger partial charge in [-0.3, -0.25) is 4.79 Å². The molecule has 0 aromatic rings. The Balaban J connectivity index is -0.000000309. The molecule has 0 aliphatic carbocycles. The third-order valence-corrected chi connectivity index (χ3v) is 1.16. The van der Waals surface area contributed by atoms with Crippen molar-refractivity contribution in [3.8, 4) is 0 Å². The average molecular weight is 176 g/mol. The van der Waals surface area contributed by atoms with E-state index in [1.165, 1.54) is 6.92 Å². The standard InChI is InChI=1S/C7H16N2O.C2H6.H2/c1-7(10)8-5-4-6-9(2)3;1-2;/h4-6H2,1-3H3,(H,8,10);1-2H3;1H. The Bertz CT molecular complexity index is 108. The zero-order chi connectivity index (χ0) is 9.98. The molecule has 0 aromatic heterocycles. The van der Waals surface area contributed by atoms with E-state index in [0.29, 0.717) is 0 Å². The lowest BCUT2D eigenvalue weighted by Gasteiger charge is -2.08. The van der Waals surface area contributed by atoms with Crippen LogP contribution in [0.2, 0.25) is 0 Å². The molecule has 0 fully saturated rings. The molecule has 0 unspecified atom stereocenters. The van der Waals surface area contributed by atoms with Gasteiger partial charge in [0, 0.05) is 14.9 Å². The molecule has 3 nitrogen and oxygen atoms in total. The summed E-state index contributed by atoms with van der Waals surface area (Å²) in [5, 5.41) is 2.74.